The normalized spacial score (nSPS) is 9.86. The van der Waals surface area contributed by atoms with Crippen LogP contribution in [0.15, 0.2) is 30.6 Å². The number of hydrogen-bond acceptors (Lipinski definition) is 3. The summed E-state index contributed by atoms with van der Waals surface area (Å²) in [6.07, 6.45) is 3.40. The third-order valence-electron chi connectivity index (χ3n) is 3.10. The fraction of sp³-hybridized carbons (Fsp3) is 0.250. The van der Waals surface area contributed by atoms with E-state index < -0.39 is 0 Å². The molecule has 5 heteroatoms. The van der Waals surface area contributed by atoms with Crippen molar-refractivity contribution in [2.24, 2.45) is 5.73 Å². The second-order valence-electron chi connectivity index (χ2n) is 4.73. The molecule has 0 spiro atoms. The maximum atomic E-state index is 12.4. The molecule has 21 heavy (non-hydrogen) atoms. The van der Waals surface area contributed by atoms with E-state index in [4.69, 9.17) is 5.73 Å². The number of nitrogens with one attached hydrogen (secondary N) is 1. The molecule has 0 aliphatic heterocycles. The molecule has 0 saturated carbocycles. The summed E-state index contributed by atoms with van der Waals surface area (Å²) in [5.41, 5.74) is 7.86. The molecule has 0 unspecified atom stereocenters. The minimum absolute atomic E-state index is 0.0674. The summed E-state index contributed by atoms with van der Waals surface area (Å²) in [6, 6.07) is 5.51. The predicted octanol–water partition coefficient (Wildman–Crippen LogP) is 1.30. The minimum atomic E-state index is -0.0674. The molecule has 108 valence electrons. The topological polar surface area (TPSA) is 75.0 Å². The number of benzene rings is 1. The maximum Gasteiger partial charge on any atom is 0.254 e. The van der Waals surface area contributed by atoms with Crippen molar-refractivity contribution in [3.63, 3.8) is 0 Å². The maximum absolute atomic E-state index is 12.4. The van der Waals surface area contributed by atoms with Crippen molar-refractivity contribution in [3.05, 3.63) is 53.1 Å². The average molecular weight is 282 g/mol. The Labute approximate surface area is 124 Å². The van der Waals surface area contributed by atoms with Crippen molar-refractivity contribution in [1.82, 2.24) is 14.9 Å². The zero-order valence-corrected chi connectivity index (χ0v) is 12.2. The van der Waals surface area contributed by atoms with Gasteiger partial charge in [0, 0.05) is 30.6 Å². The molecule has 0 aliphatic carbocycles. The highest BCUT2D eigenvalue weighted by Gasteiger charge is 2.13. The summed E-state index contributed by atoms with van der Waals surface area (Å²) in [7, 11) is 1.75. The largest absolute Gasteiger partial charge is 0.347 e. The number of rotatable bonds is 3. The molecule has 2 rings (SSSR count). The fourth-order valence-electron chi connectivity index (χ4n) is 1.94. The molecule has 1 amide bonds. The first kappa shape index (κ1) is 14.8. The van der Waals surface area contributed by atoms with Gasteiger partial charge in [-0.2, -0.15) is 0 Å². The monoisotopic (exact) mass is 282 g/mol. The van der Waals surface area contributed by atoms with Crippen molar-refractivity contribution < 1.29 is 4.79 Å². The molecule has 0 saturated heterocycles. The first-order valence-electron chi connectivity index (χ1n) is 6.65. The number of amides is 1. The van der Waals surface area contributed by atoms with Gasteiger partial charge < -0.3 is 15.6 Å². The van der Waals surface area contributed by atoms with Gasteiger partial charge in [0.1, 0.15) is 5.82 Å². The standard InChI is InChI=1S/C16H18N4O/c1-12-5-6-14(10-13(12)4-3-7-17)16(21)20(2)11-15-18-8-9-19-15/h5-6,8-10H,7,11,17H2,1-2H3,(H,18,19). The van der Waals surface area contributed by atoms with Gasteiger partial charge in [0.25, 0.3) is 5.91 Å². The summed E-state index contributed by atoms with van der Waals surface area (Å²) in [6.45, 7) is 2.70. The minimum Gasteiger partial charge on any atom is -0.347 e. The van der Waals surface area contributed by atoms with Crippen LogP contribution in [0.1, 0.15) is 27.3 Å². The van der Waals surface area contributed by atoms with Gasteiger partial charge in [-0.15, -0.1) is 0 Å². The van der Waals surface area contributed by atoms with E-state index in [0.717, 1.165) is 17.0 Å². The Morgan fingerprint density at radius 3 is 2.95 bits per heavy atom. The number of aromatic amines is 1. The van der Waals surface area contributed by atoms with Crippen LogP contribution in [0, 0.1) is 18.8 Å². The summed E-state index contributed by atoms with van der Waals surface area (Å²) in [5.74, 6) is 6.49. The highest BCUT2D eigenvalue weighted by atomic mass is 16.2. The summed E-state index contributed by atoms with van der Waals surface area (Å²) in [5, 5.41) is 0. The van der Waals surface area contributed by atoms with Gasteiger partial charge in [-0.3, -0.25) is 4.79 Å². The molecule has 5 nitrogen and oxygen atoms in total. The highest BCUT2D eigenvalue weighted by molar-refractivity contribution is 5.94. The van der Waals surface area contributed by atoms with E-state index in [2.05, 4.69) is 21.8 Å². The van der Waals surface area contributed by atoms with Crippen molar-refractivity contribution in [3.8, 4) is 11.8 Å². The van der Waals surface area contributed by atoms with Crippen LogP contribution in [0.2, 0.25) is 0 Å². The van der Waals surface area contributed by atoms with Crippen LogP contribution in [0.3, 0.4) is 0 Å². The molecule has 1 heterocycles. The number of carbonyl (C=O) groups is 1. The summed E-state index contributed by atoms with van der Waals surface area (Å²) >= 11 is 0. The number of nitrogens with two attached hydrogens (primary N) is 1. The first-order chi connectivity index (χ1) is 10.1. The van der Waals surface area contributed by atoms with Gasteiger partial charge in [0.05, 0.1) is 13.1 Å². The van der Waals surface area contributed by atoms with Crippen LogP contribution in [0.25, 0.3) is 0 Å². The summed E-state index contributed by atoms with van der Waals surface area (Å²) in [4.78, 5) is 21.1. The lowest BCUT2D eigenvalue weighted by atomic mass is 10.0. The quantitative estimate of drug-likeness (QED) is 0.833. The average Bonchev–Trinajstić information content (AvgIpc) is 2.98. The van der Waals surface area contributed by atoms with E-state index in [9.17, 15) is 4.79 Å². The third kappa shape index (κ3) is 3.71. The Hall–Kier alpha value is -2.58. The molecular weight excluding hydrogens is 264 g/mol. The van der Waals surface area contributed by atoms with Crippen molar-refractivity contribution in [2.75, 3.05) is 13.6 Å². The van der Waals surface area contributed by atoms with Gasteiger partial charge in [0.15, 0.2) is 0 Å². The number of hydrogen-bond donors (Lipinski definition) is 2. The Morgan fingerprint density at radius 2 is 2.29 bits per heavy atom. The van der Waals surface area contributed by atoms with Crippen LogP contribution < -0.4 is 5.73 Å². The lowest BCUT2D eigenvalue weighted by Crippen LogP contribution is -2.26. The van der Waals surface area contributed by atoms with Gasteiger partial charge in [-0.25, -0.2) is 4.98 Å². The molecule has 1 aromatic carbocycles. The van der Waals surface area contributed by atoms with Crippen LogP contribution in [-0.4, -0.2) is 34.4 Å². The Morgan fingerprint density at radius 1 is 1.48 bits per heavy atom. The first-order valence-corrected chi connectivity index (χ1v) is 6.65. The van der Waals surface area contributed by atoms with Crippen LogP contribution >= 0.6 is 0 Å². The Kier molecular flexibility index (Phi) is 4.75. The summed E-state index contributed by atoms with van der Waals surface area (Å²) < 4.78 is 0. The lowest BCUT2D eigenvalue weighted by molar-refractivity contribution is 0.0782. The second-order valence-corrected chi connectivity index (χ2v) is 4.73. The Balaban J connectivity index is 2.18. The van der Waals surface area contributed by atoms with Gasteiger partial charge in [-0.05, 0) is 24.6 Å². The van der Waals surface area contributed by atoms with Gasteiger partial charge in [-0.1, -0.05) is 17.9 Å². The van der Waals surface area contributed by atoms with E-state index in [-0.39, 0.29) is 5.91 Å². The van der Waals surface area contributed by atoms with Crippen molar-refractivity contribution in [1.29, 1.82) is 0 Å². The number of H-pyrrole nitrogens is 1. The molecule has 0 atom stereocenters. The van der Waals surface area contributed by atoms with Crippen LogP contribution in [0.4, 0.5) is 0 Å². The molecular formula is C16H18N4O. The highest BCUT2D eigenvalue weighted by Crippen LogP contribution is 2.12. The van der Waals surface area contributed by atoms with Crippen molar-refractivity contribution in [2.45, 2.75) is 13.5 Å². The SMILES string of the molecule is Cc1ccc(C(=O)N(C)Cc2ncc[nH]2)cc1C#CCN. The van der Waals surface area contributed by atoms with Gasteiger partial charge in [0.2, 0.25) is 0 Å². The van der Waals surface area contributed by atoms with E-state index >= 15 is 0 Å². The van der Waals surface area contributed by atoms with Crippen molar-refractivity contribution >= 4 is 5.91 Å². The zero-order chi connectivity index (χ0) is 15.2. The molecule has 0 radical (unpaired) electrons. The molecule has 3 N–H and O–H groups in total. The third-order valence-corrected chi connectivity index (χ3v) is 3.10. The zero-order valence-electron chi connectivity index (χ0n) is 12.2. The van der Waals surface area contributed by atoms with Crippen LogP contribution in [-0.2, 0) is 6.54 Å². The predicted molar refractivity (Wildman–Crippen MR) is 81.5 cm³/mol. The van der Waals surface area contributed by atoms with E-state index in [0.29, 0.717) is 18.7 Å². The molecule has 2 aromatic rings. The molecule has 0 aliphatic rings. The van der Waals surface area contributed by atoms with E-state index in [1.54, 1.807) is 30.4 Å². The second kappa shape index (κ2) is 6.73. The van der Waals surface area contributed by atoms with Crippen LogP contribution in [0.5, 0.6) is 0 Å². The molecule has 0 bridgehead atoms. The Bertz CT molecular complexity index is 680. The van der Waals surface area contributed by atoms with E-state index in [1.807, 2.05) is 19.1 Å². The van der Waals surface area contributed by atoms with Gasteiger partial charge >= 0.3 is 0 Å². The number of aromatic nitrogens is 2. The molecule has 0 fully saturated rings. The lowest BCUT2D eigenvalue weighted by Gasteiger charge is -2.16. The molecule has 1 aromatic heterocycles. The number of aryl methyl sites for hydroxylation is 1. The number of nitrogens with zero attached hydrogens (tertiary/aromatic N) is 2. The number of imidazole rings is 1. The van der Waals surface area contributed by atoms with E-state index in [1.165, 1.54) is 0 Å². The smallest absolute Gasteiger partial charge is 0.254 e. The fourth-order valence-corrected chi connectivity index (χ4v) is 1.94. The number of carbonyl (C=O) groups excluding carboxylic acids is 1.